The average molecular weight is 429 g/mol. The van der Waals surface area contributed by atoms with Crippen molar-refractivity contribution >= 4 is 12.3 Å². The smallest absolute Gasteiger partial charge is 0.290 e. The van der Waals surface area contributed by atoms with Crippen molar-refractivity contribution in [1.29, 1.82) is 0 Å². The predicted octanol–water partition coefficient (Wildman–Crippen LogP) is 6.46. The van der Waals surface area contributed by atoms with Crippen LogP contribution in [-0.2, 0) is 16.0 Å². The van der Waals surface area contributed by atoms with Crippen LogP contribution >= 0.6 is 0 Å². The van der Waals surface area contributed by atoms with E-state index in [2.05, 4.69) is 32.0 Å². The Morgan fingerprint density at radius 2 is 1.19 bits per heavy atom. The highest BCUT2D eigenvalue weighted by molar-refractivity contribution is 5.72. The van der Waals surface area contributed by atoms with Gasteiger partial charge in [-0.15, -0.1) is 0 Å². The number of halogens is 2. The Morgan fingerprint density at radius 3 is 1.58 bits per heavy atom. The molecule has 0 saturated carbocycles. The quantitative estimate of drug-likeness (QED) is 0.476. The van der Waals surface area contributed by atoms with Crippen LogP contribution in [0.5, 0.6) is 0 Å². The molecule has 0 aromatic heterocycles. The molecule has 166 valence electrons. The zero-order valence-electron chi connectivity index (χ0n) is 18.7. The van der Waals surface area contributed by atoms with Gasteiger partial charge in [0.2, 0.25) is 0 Å². The number of Topliss-reactive ketones (excluding diaryl/α,β-unsaturated/α-hetero) is 1. The van der Waals surface area contributed by atoms with Crippen LogP contribution in [0, 0.1) is 32.4 Å². The molecule has 0 fully saturated rings. The zero-order chi connectivity index (χ0) is 23.8. The topological polar surface area (TPSA) is 54.4 Å². The van der Waals surface area contributed by atoms with Crippen molar-refractivity contribution in [1.82, 2.24) is 0 Å². The zero-order valence-corrected chi connectivity index (χ0v) is 18.7. The second-order valence-corrected chi connectivity index (χ2v) is 7.04. The fourth-order valence-corrected chi connectivity index (χ4v) is 2.40. The lowest BCUT2D eigenvalue weighted by atomic mass is 9.99. The number of ketones is 1. The second-order valence-electron chi connectivity index (χ2n) is 7.04. The van der Waals surface area contributed by atoms with Crippen molar-refractivity contribution in [3.8, 4) is 0 Å². The van der Waals surface area contributed by atoms with Crippen molar-refractivity contribution < 1.29 is 23.5 Å². The summed E-state index contributed by atoms with van der Waals surface area (Å²) in [6.45, 7) is 8.94. The number of aryl methyl sites for hydroxylation is 3. The van der Waals surface area contributed by atoms with E-state index in [4.69, 9.17) is 9.90 Å². The molecule has 0 spiro atoms. The van der Waals surface area contributed by atoms with Crippen molar-refractivity contribution in [2.24, 2.45) is 0 Å². The average Bonchev–Trinajstić information content (AvgIpc) is 2.69. The molecular formula is C26H30F2O3. The second kappa shape index (κ2) is 15.5. The summed E-state index contributed by atoms with van der Waals surface area (Å²) >= 11 is 0. The Hall–Kier alpha value is -3.34. The Morgan fingerprint density at radius 1 is 0.806 bits per heavy atom. The number of carbonyl (C=O) groups is 2. The highest BCUT2D eigenvalue weighted by Gasteiger charge is 2.00. The van der Waals surface area contributed by atoms with Crippen LogP contribution < -0.4 is 0 Å². The third-order valence-corrected chi connectivity index (χ3v) is 3.82. The number of carbonyl (C=O) groups excluding carboxylic acids is 1. The summed E-state index contributed by atoms with van der Waals surface area (Å²) in [6.07, 6.45) is 0.867. The van der Waals surface area contributed by atoms with E-state index in [1.54, 1.807) is 12.1 Å². The Kier molecular flexibility index (Phi) is 13.8. The number of carboxylic acid groups (broad SMARTS) is 1. The molecule has 0 aliphatic heterocycles. The Labute approximate surface area is 183 Å². The molecule has 3 aromatic rings. The first-order valence-electron chi connectivity index (χ1n) is 9.66. The van der Waals surface area contributed by atoms with Gasteiger partial charge in [-0.2, -0.15) is 0 Å². The van der Waals surface area contributed by atoms with Crippen molar-refractivity contribution in [3.63, 3.8) is 0 Å². The van der Waals surface area contributed by atoms with Gasteiger partial charge in [0.25, 0.3) is 6.47 Å². The minimum Gasteiger partial charge on any atom is -0.483 e. The van der Waals surface area contributed by atoms with Gasteiger partial charge in [-0.25, -0.2) is 8.78 Å². The van der Waals surface area contributed by atoms with Gasteiger partial charge in [-0.05, 0) is 82.0 Å². The molecule has 0 amide bonds. The largest absolute Gasteiger partial charge is 0.483 e. The summed E-state index contributed by atoms with van der Waals surface area (Å²) in [5, 5.41) is 6.89. The standard InChI is InChI=1S/C15H15F.C7H7F.C3H6O.CH2O2/c1-11-3-6-14(12(2)9-11)10-13-4-7-15(16)8-5-13;1-6-2-4-7(8)5-3-6;1-3(2)4;2-1-3/h3-9H,10H2,1-2H3;2-5H,1H3;1-2H3;1H,(H,2,3). The van der Waals surface area contributed by atoms with Gasteiger partial charge in [0, 0.05) is 0 Å². The number of hydrogen-bond acceptors (Lipinski definition) is 2. The van der Waals surface area contributed by atoms with Gasteiger partial charge in [-0.1, -0.05) is 53.6 Å². The lowest BCUT2D eigenvalue weighted by molar-refractivity contribution is -0.123. The fraction of sp³-hybridized carbons (Fsp3) is 0.231. The number of benzene rings is 3. The van der Waals surface area contributed by atoms with E-state index in [0.29, 0.717) is 0 Å². The Balaban J connectivity index is 0.000000499. The highest BCUT2D eigenvalue weighted by Crippen LogP contribution is 2.15. The molecule has 0 bridgehead atoms. The van der Waals surface area contributed by atoms with E-state index < -0.39 is 0 Å². The lowest BCUT2D eigenvalue weighted by Crippen LogP contribution is -1.92. The van der Waals surface area contributed by atoms with Crippen LogP contribution in [0.1, 0.15) is 41.7 Å². The van der Waals surface area contributed by atoms with Crippen molar-refractivity contribution in [3.05, 3.63) is 106 Å². The summed E-state index contributed by atoms with van der Waals surface area (Å²) in [6, 6.07) is 19.6. The highest BCUT2D eigenvalue weighted by atomic mass is 19.1. The molecule has 5 heteroatoms. The van der Waals surface area contributed by atoms with Crippen LogP contribution in [0.4, 0.5) is 8.78 Å². The molecule has 3 aromatic carbocycles. The van der Waals surface area contributed by atoms with Gasteiger partial charge >= 0.3 is 0 Å². The van der Waals surface area contributed by atoms with Crippen LogP contribution in [0.15, 0.2) is 66.7 Å². The first-order valence-corrected chi connectivity index (χ1v) is 9.66. The van der Waals surface area contributed by atoms with E-state index in [-0.39, 0.29) is 23.9 Å². The fourth-order valence-electron chi connectivity index (χ4n) is 2.40. The molecule has 0 aliphatic carbocycles. The summed E-state index contributed by atoms with van der Waals surface area (Å²) in [4.78, 5) is 17.8. The van der Waals surface area contributed by atoms with E-state index in [1.165, 1.54) is 54.8 Å². The molecule has 3 nitrogen and oxygen atoms in total. The minimum absolute atomic E-state index is 0.167. The van der Waals surface area contributed by atoms with Crippen LogP contribution in [0.3, 0.4) is 0 Å². The normalized spacial score (nSPS) is 9.00. The Bertz CT molecular complexity index is 893. The van der Waals surface area contributed by atoms with Crippen molar-refractivity contribution in [2.75, 3.05) is 0 Å². The van der Waals surface area contributed by atoms with Gasteiger partial charge in [-0.3, -0.25) is 4.79 Å². The number of hydrogen-bond donors (Lipinski definition) is 1. The van der Waals surface area contributed by atoms with Crippen LogP contribution in [-0.4, -0.2) is 17.4 Å². The molecule has 31 heavy (non-hydrogen) atoms. The maximum atomic E-state index is 12.8. The van der Waals surface area contributed by atoms with E-state index >= 15 is 0 Å². The molecule has 0 aliphatic rings. The van der Waals surface area contributed by atoms with Crippen molar-refractivity contribution in [2.45, 2.75) is 41.0 Å². The maximum absolute atomic E-state index is 12.8. The molecule has 0 saturated heterocycles. The molecule has 3 rings (SSSR count). The molecule has 0 radical (unpaired) electrons. The maximum Gasteiger partial charge on any atom is 0.290 e. The first kappa shape index (κ1) is 27.7. The summed E-state index contributed by atoms with van der Waals surface area (Å²) in [5.41, 5.74) is 6.11. The molecular weight excluding hydrogens is 398 g/mol. The van der Waals surface area contributed by atoms with Gasteiger partial charge < -0.3 is 9.90 Å². The molecule has 0 atom stereocenters. The predicted molar refractivity (Wildman–Crippen MR) is 121 cm³/mol. The summed E-state index contributed by atoms with van der Waals surface area (Å²) in [5.74, 6) is -0.181. The molecule has 0 heterocycles. The third kappa shape index (κ3) is 14.3. The monoisotopic (exact) mass is 428 g/mol. The van der Waals surface area contributed by atoms with Gasteiger partial charge in [0.15, 0.2) is 0 Å². The van der Waals surface area contributed by atoms with Gasteiger partial charge in [0.1, 0.15) is 17.4 Å². The van der Waals surface area contributed by atoms with Crippen LogP contribution in [0.2, 0.25) is 0 Å². The molecule has 0 unspecified atom stereocenters. The third-order valence-electron chi connectivity index (χ3n) is 3.82. The first-order chi connectivity index (χ1) is 14.6. The van der Waals surface area contributed by atoms with E-state index in [9.17, 15) is 13.6 Å². The van der Waals surface area contributed by atoms with E-state index in [1.807, 2.05) is 19.1 Å². The van der Waals surface area contributed by atoms with E-state index in [0.717, 1.165) is 17.5 Å². The minimum atomic E-state index is -0.250. The number of rotatable bonds is 2. The van der Waals surface area contributed by atoms with Gasteiger partial charge in [0.05, 0.1) is 0 Å². The van der Waals surface area contributed by atoms with Crippen LogP contribution in [0.25, 0.3) is 0 Å². The molecule has 1 N–H and O–H groups in total. The summed E-state index contributed by atoms with van der Waals surface area (Å²) < 4.78 is 24.8. The lowest BCUT2D eigenvalue weighted by Gasteiger charge is -2.07. The summed E-state index contributed by atoms with van der Waals surface area (Å²) in [7, 11) is 0. The SMILES string of the molecule is CC(C)=O.Cc1ccc(Cc2ccc(F)cc2)c(C)c1.Cc1ccc(F)cc1.O=CO.